The van der Waals surface area contributed by atoms with E-state index in [9.17, 15) is 24.6 Å². The number of anilines is 2. The zero-order chi connectivity index (χ0) is 32.0. The van der Waals surface area contributed by atoms with Crippen LogP contribution in [0.5, 0.6) is 11.5 Å². The highest BCUT2D eigenvalue weighted by Gasteiger charge is 2.46. The number of hydrogen-bond acceptors (Lipinski definition) is 9. The number of amides is 2. The van der Waals surface area contributed by atoms with Crippen molar-refractivity contribution >= 4 is 36.5 Å². The number of carbonyl (C=O) groups excluding carboxylic acids is 3. The minimum atomic E-state index is -1.39. The van der Waals surface area contributed by atoms with E-state index in [1.165, 1.54) is 18.1 Å². The Morgan fingerprint density at radius 3 is 2.57 bits per heavy atom. The Labute approximate surface area is 259 Å². The van der Waals surface area contributed by atoms with Gasteiger partial charge in [-0.2, -0.15) is 0 Å². The van der Waals surface area contributed by atoms with E-state index >= 15 is 0 Å². The van der Waals surface area contributed by atoms with Gasteiger partial charge in [0.2, 0.25) is 0 Å². The summed E-state index contributed by atoms with van der Waals surface area (Å²) in [6, 6.07) is 9.48. The van der Waals surface area contributed by atoms with E-state index in [-0.39, 0.29) is 50.0 Å². The van der Waals surface area contributed by atoms with Crippen molar-refractivity contribution in [3.8, 4) is 11.5 Å². The number of aliphatic hydroxyl groups is 2. The number of hydrogen-bond donors (Lipinski definition) is 3. The first-order valence-electron chi connectivity index (χ1n) is 14.9. The third-order valence-electron chi connectivity index (χ3n) is 8.15. The summed E-state index contributed by atoms with van der Waals surface area (Å²) in [5.41, 5.74) is 1.89. The molecule has 1 fully saturated rings. The Bertz CT molecular complexity index is 1380. The van der Waals surface area contributed by atoms with E-state index in [0.29, 0.717) is 36.5 Å². The quantitative estimate of drug-likeness (QED) is 0.176. The first-order valence-corrected chi connectivity index (χ1v) is 14.9. The molecule has 0 aliphatic carbocycles. The van der Waals surface area contributed by atoms with Crippen molar-refractivity contribution in [3.05, 3.63) is 59.7 Å². The molecule has 1 saturated heterocycles. The zero-order valence-electron chi connectivity index (χ0n) is 25.9. The van der Waals surface area contributed by atoms with Crippen molar-refractivity contribution in [1.82, 2.24) is 4.90 Å². The third kappa shape index (κ3) is 7.19. The Kier molecular flexibility index (Phi) is 10.6. The molecule has 2 aromatic rings. The van der Waals surface area contributed by atoms with Crippen LogP contribution >= 0.6 is 0 Å². The molecule has 2 aliphatic rings. The second kappa shape index (κ2) is 14.2. The molecule has 11 nitrogen and oxygen atoms in total. The highest BCUT2D eigenvalue weighted by molar-refractivity contribution is 6.77. The number of nitrogens with one attached hydrogen (secondary N) is 1. The Morgan fingerprint density at radius 1 is 1.18 bits per heavy atom. The van der Waals surface area contributed by atoms with E-state index in [1.807, 2.05) is 6.92 Å². The number of rotatable bonds is 13. The minimum absolute atomic E-state index is 0.0136. The van der Waals surface area contributed by atoms with Crippen molar-refractivity contribution in [3.63, 3.8) is 0 Å². The molecule has 0 unspecified atom stereocenters. The average Bonchev–Trinajstić information content (AvgIpc) is 3.37. The van der Waals surface area contributed by atoms with Crippen LogP contribution in [0.25, 0.3) is 0 Å². The lowest BCUT2D eigenvalue weighted by Gasteiger charge is -2.31. The zero-order valence-corrected chi connectivity index (χ0v) is 25.9. The molecule has 236 valence electrons. The summed E-state index contributed by atoms with van der Waals surface area (Å²) >= 11 is 0. The van der Waals surface area contributed by atoms with Crippen LogP contribution in [-0.2, 0) is 16.1 Å². The van der Waals surface area contributed by atoms with Crippen LogP contribution in [0.15, 0.2) is 48.6 Å². The van der Waals surface area contributed by atoms with Gasteiger partial charge in [-0.15, -0.1) is 0 Å². The van der Waals surface area contributed by atoms with E-state index < -0.39 is 23.8 Å². The number of methoxy groups -OCH3 is 1. The van der Waals surface area contributed by atoms with Crippen LogP contribution in [0.1, 0.15) is 62.4 Å². The van der Waals surface area contributed by atoms with Gasteiger partial charge in [-0.05, 0) is 43.0 Å². The van der Waals surface area contributed by atoms with Gasteiger partial charge in [-0.1, -0.05) is 51.5 Å². The van der Waals surface area contributed by atoms with Crippen molar-refractivity contribution in [2.24, 2.45) is 5.41 Å². The lowest BCUT2D eigenvalue weighted by Crippen LogP contribution is -2.50. The smallest absolute Gasteiger partial charge is 0.416 e. The second-order valence-electron chi connectivity index (χ2n) is 11.8. The van der Waals surface area contributed by atoms with Crippen molar-refractivity contribution < 1.29 is 38.8 Å². The summed E-state index contributed by atoms with van der Waals surface area (Å²) in [6.45, 7) is 10.2. The largest absolute Gasteiger partial charge is 0.493 e. The molecule has 0 radical (unpaired) electrons. The maximum absolute atomic E-state index is 13.7. The Hall–Kier alpha value is -4.03. The summed E-state index contributed by atoms with van der Waals surface area (Å²) in [5, 5.41) is 23.8. The fourth-order valence-electron chi connectivity index (χ4n) is 5.29. The van der Waals surface area contributed by atoms with Crippen LogP contribution in [0, 0.1) is 5.41 Å². The van der Waals surface area contributed by atoms with Crippen LogP contribution in [-0.4, -0.2) is 79.3 Å². The van der Waals surface area contributed by atoms with Gasteiger partial charge >= 0.3 is 13.5 Å². The summed E-state index contributed by atoms with van der Waals surface area (Å²) in [7, 11) is 1.60. The van der Waals surface area contributed by atoms with Crippen LogP contribution in [0.4, 0.5) is 16.2 Å². The molecule has 3 N–H and O–H groups in total. The van der Waals surface area contributed by atoms with Gasteiger partial charge in [-0.3, -0.25) is 4.79 Å². The number of benzene rings is 2. The summed E-state index contributed by atoms with van der Waals surface area (Å²) in [6.07, 6.45) is 0.239. The Balaban J connectivity index is 1.53. The molecule has 2 atom stereocenters. The minimum Gasteiger partial charge on any atom is -0.493 e. The van der Waals surface area contributed by atoms with Gasteiger partial charge in [0.05, 0.1) is 31.0 Å². The lowest BCUT2D eigenvalue weighted by molar-refractivity contribution is -0.120. The molecule has 2 heterocycles. The highest BCUT2D eigenvalue weighted by Crippen LogP contribution is 2.42. The van der Waals surface area contributed by atoms with Gasteiger partial charge in [0.15, 0.2) is 17.7 Å². The molecule has 0 spiro atoms. The van der Waals surface area contributed by atoms with Gasteiger partial charge in [0.1, 0.15) is 12.3 Å². The standard InChI is InChI=1S/C32H42BN3O8/c1-6-7-14-43-27-17-24-23(16-26(27)42-5)28(38)35-18-20(2)15-25(35)29(39)36(24)31(41)44-19-21-8-10-22(11-9-21)34-33-30(40)32(3,4)12-13-37/h8-11,16-17,25,29,33-34,37,39H,2,6-7,12-15,18-19H2,1,3-5H3/t25-,29-/m0/s1. The van der Waals surface area contributed by atoms with Gasteiger partial charge in [0.25, 0.3) is 5.91 Å². The molecular formula is C32H42BN3O8. The van der Waals surface area contributed by atoms with Crippen molar-refractivity contribution in [2.75, 3.05) is 37.0 Å². The summed E-state index contributed by atoms with van der Waals surface area (Å²) in [5.74, 6) is 0.350. The predicted octanol–water partition coefficient (Wildman–Crippen LogP) is 3.82. The van der Waals surface area contributed by atoms with E-state index in [4.69, 9.17) is 14.2 Å². The van der Waals surface area contributed by atoms with Crippen LogP contribution in [0.2, 0.25) is 0 Å². The lowest BCUT2D eigenvalue weighted by atomic mass is 9.69. The van der Waals surface area contributed by atoms with E-state index in [1.54, 1.807) is 44.2 Å². The maximum Gasteiger partial charge on any atom is 0.416 e. The molecule has 0 bridgehead atoms. The molecule has 0 aromatic heterocycles. The molecule has 12 heteroatoms. The first kappa shape index (κ1) is 32.9. The van der Waals surface area contributed by atoms with Gasteiger partial charge < -0.3 is 39.3 Å². The fourth-order valence-corrected chi connectivity index (χ4v) is 5.29. The molecular weight excluding hydrogens is 565 g/mol. The van der Waals surface area contributed by atoms with E-state index in [2.05, 4.69) is 11.8 Å². The average molecular weight is 608 g/mol. The number of fused-ring (bicyclic) bond motifs is 2. The third-order valence-corrected chi connectivity index (χ3v) is 8.15. The maximum atomic E-state index is 13.7. The molecule has 0 saturated carbocycles. The van der Waals surface area contributed by atoms with Crippen molar-refractivity contribution in [1.29, 1.82) is 0 Å². The molecule has 2 amide bonds. The summed E-state index contributed by atoms with van der Waals surface area (Å²) < 4.78 is 17.1. The molecule has 2 aliphatic heterocycles. The number of nitrogens with zero attached hydrogens (tertiary/aromatic N) is 2. The normalized spacial score (nSPS) is 17.9. The van der Waals surface area contributed by atoms with E-state index in [0.717, 1.165) is 29.0 Å². The molecule has 4 rings (SSSR count). The first-order chi connectivity index (χ1) is 21.0. The highest BCUT2D eigenvalue weighted by atomic mass is 16.6. The number of ether oxygens (including phenoxy) is 3. The fraction of sp³-hybridized carbons (Fsp3) is 0.469. The van der Waals surface area contributed by atoms with Crippen LogP contribution < -0.4 is 19.6 Å². The number of unbranched alkanes of at least 4 members (excludes halogenated alkanes) is 1. The molecule has 44 heavy (non-hydrogen) atoms. The number of carbonyl (C=O) groups is 3. The number of aliphatic hydroxyl groups excluding tert-OH is 2. The Morgan fingerprint density at radius 2 is 1.91 bits per heavy atom. The van der Waals surface area contributed by atoms with Gasteiger partial charge in [0, 0.05) is 30.3 Å². The topological polar surface area (TPSA) is 138 Å². The van der Waals surface area contributed by atoms with Crippen molar-refractivity contribution in [2.45, 2.75) is 65.3 Å². The summed E-state index contributed by atoms with van der Waals surface area (Å²) in [4.78, 5) is 42.4. The second-order valence-corrected chi connectivity index (χ2v) is 11.8. The van der Waals surface area contributed by atoms with Gasteiger partial charge in [-0.25, -0.2) is 9.69 Å². The predicted molar refractivity (Wildman–Crippen MR) is 168 cm³/mol. The monoisotopic (exact) mass is 607 g/mol. The SMILES string of the molecule is C=C1C[C@H]2[C@H](O)N(C(=O)OCc3ccc(NBC(=O)C(C)(C)CCO)cc3)c3cc(OCCCC)c(OC)cc3C(=O)N2C1. The van der Waals surface area contributed by atoms with Crippen LogP contribution in [0.3, 0.4) is 0 Å². The molecule has 2 aromatic carbocycles.